The second-order valence-corrected chi connectivity index (χ2v) is 6.93. The first-order chi connectivity index (χ1) is 13.4. The van der Waals surface area contributed by atoms with Gasteiger partial charge in [0, 0.05) is 37.1 Å². The Kier molecular flexibility index (Phi) is 6.01. The summed E-state index contributed by atoms with van der Waals surface area (Å²) in [6, 6.07) is 3.27. The van der Waals surface area contributed by atoms with Crippen LogP contribution < -0.4 is 5.32 Å². The molecule has 3 aromatic heterocycles. The van der Waals surface area contributed by atoms with E-state index in [0.29, 0.717) is 25.3 Å². The van der Waals surface area contributed by atoms with Gasteiger partial charge in [-0.25, -0.2) is 18.7 Å². The fourth-order valence-electron chi connectivity index (χ4n) is 3.03. The van der Waals surface area contributed by atoms with Crippen LogP contribution in [-0.4, -0.2) is 36.1 Å². The highest BCUT2D eigenvalue weighted by Gasteiger charge is 2.17. The summed E-state index contributed by atoms with van der Waals surface area (Å²) in [5.74, 6) is 0.408. The molecule has 0 spiro atoms. The van der Waals surface area contributed by atoms with Crippen molar-refractivity contribution < 1.29 is 8.78 Å². The number of nitrogens with zero attached hydrogens (tertiary/aromatic N) is 6. The molecule has 0 saturated carbocycles. The maximum atomic E-state index is 13.4. The maximum Gasteiger partial charge on any atom is 0.280 e. The van der Waals surface area contributed by atoms with Gasteiger partial charge in [-0.05, 0) is 38.8 Å². The smallest absolute Gasteiger partial charge is 0.280 e. The highest BCUT2D eigenvalue weighted by molar-refractivity contribution is 5.62. The molecule has 0 aromatic carbocycles. The Hall–Kier alpha value is -2.84. The fraction of sp³-hybridized carbons (Fsp3) is 0.474. The third kappa shape index (κ3) is 4.52. The zero-order chi connectivity index (χ0) is 20.3. The minimum absolute atomic E-state index is 0.194. The number of alkyl halides is 2. The number of nitrogens with one attached hydrogen (secondary N) is 1. The number of aryl methyl sites for hydroxylation is 2. The van der Waals surface area contributed by atoms with Crippen molar-refractivity contribution >= 4 is 5.95 Å². The normalized spacial score (nSPS) is 12.5. The van der Waals surface area contributed by atoms with Crippen LogP contribution in [0, 0.1) is 19.8 Å². The van der Waals surface area contributed by atoms with Crippen molar-refractivity contribution in [2.24, 2.45) is 5.92 Å². The van der Waals surface area contributed by atoms with Crippen molar-refractivity contribution in [2.75, 3.05) is 11.9 Å². The zero-order valence-corrected chi connectivity index (χ0v) is 16.5. The second-order valence-electron chi connectivity index (χ2n) is 6.93. The van der Waals surface area contributed by atoms with Crippen LogP contribution in [0.15, 0.2) is 24.5 Å². The first kappa shape index (κ1) is 19.9. The lowest BCUT2D eigenvalue weighted by atomic mass is 10.1. The summed E-state index contributed by atoms with van der Waals surface area (Å²) in [6.45, 7) is 9.82. The monoisotopic (exact) mass is 389 g/mol. The molecule has 0 radical (unpaired) electrons. The predicted molar refractivity (Wildman–Crippen MR) is 103 cm³/mol. The highest BCUT2D eigenvalue weighted by Crippen LogP contribution is 2.26. The number of anilines is 1. The first-order valence-corrected chi connectivity index (χ1v) is 9.31. The van der Waals surface area contributed by atoms with E-state index >= 15 is 0 Å². The van der Waals surface area contributed by atoms with E-state index in [4.69, 9.17) is 0 Å². The van der Waals surface area contributed by atoms with Gasteiger partial charge >= 0.3 is 0 Å². The molecule has 0 saturated heterocycles. The summed E-state index contributed by atoms with van der Waals surface area (Å²) in [4.78, 5) is 8.42. The van der Waals surface area contributed by atoms with E-state index in [0.717, 1.165) is 17.0 Å². The molecule has 0 fully saturated rings. The van der Waals surface area contributed by atoms with Gasteiger partial charge < -0.3 is 5.32 Å². The predicted octanol–water partition coefficient (Wildman–Crippen LogP) is 3.86. The molecule has 9 heteroatoms. The lowest BCUT2D eigenvalue weighted by Gasteiger charge is -2.14. The molecule has 0 bridgehead atoms. The van der Waals surface area contributed by atoms with Gasteiger partial charge in [-0.3, -0.25) is 9.36 Å². The Balaban J connectivity index is 1.78. The number of hydrogen-bond acceptors (Lipinski definition) is 5. The van der Waals surface area contributed by atoms with E-state index < -0.39 is 6.43 Å². The SMILES string of the molecule is CCn1ncc(-c2cc(C(F)F)nc(NC[C@H](C)Cn3ccc(C)n3)n2)c1C. The van der Waals surface area contributed by atoms with E-state index in [1.54, 1.807) is 10.9 Å². The van der Waals surface area contributed by atoms with Crippen LogP contribution in [0.1, 0.15) is 37.4 Å². The number of rotatable bonds is 8. The number of aromatic nitrogens is 6. The minimum Gasteiger partial charge on any atom is -0.354 e. The Bertz CT molecular complexity index is 932. The van der Waals surface area contributed by atoms with E-state index in [2.05, 4.69) is 32.4 Å². The highest BCUT2D eigenvalue weighted by atomic mass is 19.3. The van der Waals surface area contributed by atoms with Crippen molar-refractivity contribution in [3.8, 4) is 11.3 Å². The van der Waals surface area contributed by atoms with Crippen LogP contribution in [0.4, 0.5) is 14.7 Å². The Morgan fingerprint density at radius 1 is 1.21 bits per heavy atom. The summed E-state index contributed by atoms with van der Waals surface area (Å²) in [7, 11) is 0. The molecular weight excluding hydrogens is 364 g/mol. The van der Waals surface area contributed by atoms with Gasteiger partial charge in [0.25, 0.3) is 6.43 Å². The van der Waals surface area contributed by atoms with Gasteiger partial charge in [0.1, 0.15) is 5.69 Å². The van der Waals surface area contributed by atoms with Crippen LogP contribution >= 0.6 is 0 Å². The molecule has 0 aliphatic rings. The standard InChI is InChI=1S/C19H25F2N7/c1-5-28-14(4)15(10-23-28)16-8-17(18(20)21)25-19(24-16)22-9-12(2)11-27-7-6-13(3)26-27/h6-8,10,12,18H,5,9,11H2,1-4H3,(H,22,24,25)/t12-/m0/s1. The summed E-state index contributed by atoms with van der Waals surface area (Å²) < 4.78 is 30.4. The van der Waals surface area contributed by atoms with Crippen LogP contribution in [0.2, 0.25) is 0 Å². The largest absolute Gasteiger partial charge is 0.354 e. The zero-order valence-electron chi connectivity index (χ0n) is 16.5. The van der Waals surface area contributed by atoms with Crippen molar-refractivity contribution in [1.29, 1.82) is 0 Å². The quantitative estimate of drug-likeness (QED) is 0.633. The third-order valence-electron chi connectivity index (χ3n) is 4.53. The van der Waals surface area contributed by atoms with E-state index in [1.807, 2.05) is 37.7 Å². The van der Waals surface area contributed by atoms with Crippen molar-refractivity contribution in [3.05, 3.63) is 41.6 Å². The Morgan fingerprint density at radius 3 is 2.61 bits per heavy atom. The number of halogens is 2. The van der Waals surface area contributed by atoms with Crippen LogP contribution in [0.25, 0.3) is 11.3 Å². The fourth-order valence-corrected chi connectivity index (χ4v) is 3.03. The van der Waals surface area contributed by atoms with Crippen molar-refractivity contribution in [3.63, 3.8) is 0 Å². The molecule has 0 aliphatic heterocycles. The topological polar surface area (TPSA) is 73.5 Å². The molecule has 3 heterocycles. The molecule has 0 amide bonds. The molecule has 3 rings (SSSR count). The van der Waals surface area contributed by atoms with Gasteiger partial charge in [-0.2, -0.15) is 10.2 Å². The van der Waals surface area contributed by atoms with Crippen molar-refractivity contribution in [2.45, 2.75) is 47.2 Å². The number of hydrogen-bond donors (Lipinski definition) is 1. The molecule has 0 unspecified atom stereocenters. The minimum atomic E-state index is -2.67. The Morgan fingerprint density at radius 2 is 2.00 bits per heavy atom. The molecule has 1 atom stereocenters. The summed E-state index contributed by atoms with van der Waals surface area (Å²) in [5, 5.41) is 11.7. The van der Waals surface area contributed by atoms with Gasteiger partial charge in [-0.15, -0.1) is 0 Å². The van der Waals surface area contributed by atoms with Crippen LogP contribution in [0.3, 0.4) is 0 Å². The average molecular weight is 389 g/mol. The van der Waals surface area contributed by atoms with E-state index in [-0.39, 0.29) is 17.6 Å². The van der Waals surface area contributed by atoms with Crippen LogP contribution in [0.5, 0.6) is 0 Å². The summed E-state index contributed by atoms with van der Waals surface area (Å²) in [5.41, 5.74) is 2.72. The van der Waals surface area contributed by atoms with Crippen molar-refractivity contribution in [1.82, 2.24) is 29.5 Å². The van der Waals surface area contributed by atoms with Gasteiger partial charge in [0.05, 0.1) is 17.6 Å². The molecule has 3 aromatic rings. The molecule has 150 valence electrons. The molecule has 7 nitrogen and oxygen atoms in total. The van der Waals surface area contributed by atoms with Crippen LogP contribution in [-0.2, 0) is 13.1 Å². The van der Waals surface area contributed by atoms with Gasteiger partial charge in [-0.1, -0.05) is 6.92 Å². The van der Waals surface area contributed by atoms with E-state index in [1.165, 1.54) is 6.07 Å². The lowest BCUT2D eigenvalue weighted by molar-refractivity contribution is 0.146. The first-order valence-electron chi connectivity index (χ1n) is 9.31. The summed E-state index contributed by atoms with van der Waals surface area (Å²) in [6.07, 6.45) is 0.905. The third-order valence-corrected chi connectivity index (χ3v) is 4.53. The van der Waals surface area contributed by atoms with E-state index in [9.17, 15) is 8.78 Å². The molecule has 28 heavy (non-hydrogen) atoms. The molecule has 0 aliphatic carbocycles. The average Bonchev–Trinajstić information content (AvgIpc) is 3.24. The van der Waals surface area contributed by atoms with Gasteiger partial charge in [0.2, 0.25) is 5.95 Å². The van der Waals surface area contributed by atoms with Gasteiger partial charge in [0.15, 0.2) is 0 Å². The maximum absolute atomic E-state index is 13.4. The second kappa shape index (κ2) is 8.45. The summed E-state index contributed by atoms with van der Waals surface area (Å²) >= 11 is 0. The molecule has 1 N–H and O–H groups in total. The Labute approximate surface area is 162 Å². The molecular formula is C19H25F2N7. The lowest BCUT2D eigenvalue weighted by Crippen LogP contribution is -2.19.